The van der Waals surface area contributed by atoms with Crippen LogP contribution in [0.1, 0.15) is 62.6 Å². The minimum atomic E-state index is -1.84. The molecule has 1 rings (SSSR count). The Balaban J connectivity index is 2.98. The Morgan fingerprint density at radius 2 is 2.00 bits per heavy atom. The van der Waals surface area contributed by atoms with Crippen LogP contribution < -0.4 is 0 Å². The van der Waals surface area contributed by atoms with Gasteiger partial charge in [0.05, 0.1) is 6.10 Å². The fraction of sp³-hybridized carbons (Fsp3) is 0.733. The highest BCUT2D eigenvalue weighted by molar-refractivity contribution is 7.09. The normalized spacial score (nSPS) is 14.6. The summed E-state index contributed by atoms with van der Waals surface area (Å²) in [5.41, 5.74) is 0.512. The van der Waals surface area contributed by atoms with Crippen molar-refractivity contribution < 1.29 is 9.22 Å². The second kappa shape index (κ2) is 6.50. The zero-order valence-electron chi connectivity index (χ0n) is 13.7. The Hall–Kier alpha value is -0.523. The summed E-state index contributed by atoms with van der Waals surface area (Å²) < 4.78 is 6.53. The first-order valence-electron chi connectivity index (χ1n) is 7.15. The molecular weight excluding hydrogens is 286 g/mol. The molecule has 1 heterocycles. The first kappa shape index (κ1) is 17.5. The van der Waals surface area contributed by atoms with Crippen molar-refractivity contribution in [3.05, 3.63) is 16.1 Å². The van der Waals surface area contributed by atoms with Crippen LogP contribution in [0.25, 0.3) is 0 Å². The minimum Gasteiger partial charge on any atom is -0.407 e. The van der Waals surface area contributed by atoms with Crippen molar-refractivity contribution in [2.45, 2.75) is 65.3 Å². The Labute approximate surface area is 127 Å². The first-order chi connectivity index (χ1) is 9.06. The maximum Gasteiger partial charge on any atom is 0.193 e. The van der Waals surface area contributed by atoms with E-state index in [-0.39, 0.29) is 11.1 Å². The number of hydrogen-bond donors (Lipinski definition) is 0. The van der Waals surface area contributed by atoms with Crippen LogP contribution in [-0.2, 0) is 4.43 Å². The monoisotopic (exact) mass is 313 g/mol. The van der Waals surface area contributed by atoms with E-state index in [4.69, 9.17) is 4.43 Å². The van der Waals surface area contributed by atoms with Gasteiger partial charge in [0, 0.05) is 5.38 Å². The average Bonchev–Trinajstić information content (AvgIpc) is 2.73. The van der Waals surface area contributed by atoms with E-state index in [1.165, 1.54) is 11.3 Å². The molecule has 20 heavy (non-hydrogen) atoms. The molecule has 1 aromatic rings. The molecule has 0 aromatic carbocycles. The molecule has 0 aliphatic heterocycles. The lowest BCUT2D eigenvalue weighted by Gasteiger charge is -2.39. The smallest absolute Gasteiger partial charge is 0.193 e. The van der Waals surface area contributed by atoms with Crippen molar-refractivity contribution in [1.82, 2.24) is 4.98 Å². The van der Waals surface area contributed by atoms with Crippen LogP contribution in [-0.4, -0.2) is 19.6 Å². The Morgan fingerprint density at radius 1 is 1.40 bits per heavy atom. The van der Waals surface area contributed by atoms with Crippen molar-refractivity contribution >= 4 is 25.9 Å². The lowest BCUT2D eigenvalue weighted by molar-refractivity contribution is 0.111. The second-order valence-corrected chi connectivity index (χ2v) is 12.9. The summed E-state index contributed by atoms with van der Waals surface area (Å²) in [5, 5.41) is 2.92. The van der Waals surface area contributed by atoms with Crippen LogP contribution in [0.5, 0.6) is 0 Å². The Morgan fingerprint density at radius 3 is 2.40 bits per heavy atom. The van der Waals surface area contributed by atoms with E-state index in [1.54, 1.807) is 0 Å². The number of nitrogens with zero attached hydrogens (tertiary/aromatic N) is 1. The Bertz CT molecular complexity index is 449. The van der Waals surface area contributed by atoms with Crippen LogP contribution in [0.4, 0.5) is 0 Å². The first-order valence-corrected chi connectivity index (χ1v) is 10.9. The summed E-state index contributed by atoms with van der Waals surface area (Å²) in [5.74, 6) is 0.536. The number of aromatic nitrogens is 1. The van der Waals surface area contributed by atoms with Gasteiger partial charge in [0.15, 0.2) is 14.6 Å². The molecule has 0 N–H and O–H groups in total. The summed E-state index contributed by atoms with van der Waals surface area (Å²) in [6.45, 7) is 15.6. The van der Waals surface area contributed by atoms with Gasteiger partial charge in [-0.05, 0) is 30.5 Å². The third kappa shape index (κ3) is 4.50. The van der Waals surface area contributed by atoms with Crippen molar-refractivity contribution in [2.24, 2.45) is 5.92 Å². The number of hydrogen-bond acceptors (Lipinski definition) is 4. The van der Waals surface area contributed by atoms with Gasteiger partial charge in [-0.2, -0.15) is 0 Å². The zero-order valence-corrected chi connectivity index (χ0v) is 15.5. The van der Waals surface area contributed by atoms with E-state index < -0.39 is 8.32 Å². The molecule has 0 fully saturated rings. The number of carbonyl (C=O) groups excluding carboxylic acids is 1. The molecule has 0 amide bonds. The molecule has 0 bridgehead atoms. The molecule has 0 radical (unpaired) electrons. The highest BCUT2D eigenvalue weighted by Crippen LogP contribution is 2.41. The second-order valence-electron chi connectivity index (χ2n) is 7.22. The molecule has 0 spiro atoms. The molecule has 1 aromatic heterocycles. The van der Waals surface area contributed by atoms with E-state index in [2.05, 4.69) is 52.7 Å². The predicted octanol–water partition coefficient (Wildman–Crippen LogP) is 5.06. The standard InChI is InChI=1S/C15H27NO2SSi/c1-11(2)8-13(14-16-12(9-17)10-19-14)18-20(6,7)15(3,4)5/h9-11,13H,8H2,1-7H3/t13-/m0/s1. The van der Waals surface area contributed by atoms with Gasteiger partial charge < -0.3 is 4.43 Å². The summed E-state index contributed by atoms with van der Waals surface area (Å²) in [6, 6.07) is 0. The molecule has 0 aliphatic rings. The van der Waals surface area contributed by atoms with Crippen LogP contribution in [0.3, 0.4) is 0 Å². The fourth-order valence-electron chi connectivity index (χ4n) is 1.66. The SMILES string of the molecule is CC(C)C[C@H](O[Si](C)(C)C(C)(C)C)c1nc(C=O)cs1. The van der Waals surface area contributed by atoms with E-state index >= 15 is 0 Å². The zero-order chi connectivity index (χ0) is 15.6. The van der Waals surface area contributed by atoms with Gasteiger partial charge in [0.2, 0.25) is 0 Å². The lowest BCUT2D eigenvalue weighted by atomic mass is 10.1. The van der Waals surface area contributed by atoms with Gasteiger partial charge >= 0.3 is 0 Å². The molecule has 0 unspecified atom stereocenters. The van der Waals surface area contributed by atoms with Crippen molar-refractivity contribution in [3.8, 4) is 0 Å². The van der Waals surface area contributed by atoms with E-state index in [0.29, 0.717) is 11.6 Å². The minimum absolute atomic E-state index is 0.00888. The topological polar surface area (TPSA) is 39.2 Å². The summed E-state index contributed by atoms with van der Waals surface area (Å²) in [6.07, 6.45) is 1.76. The van der Waals surface area contributed by atoms with Crippen molar-refractivity contribution in [2.75, 3.05) is 0 Å². The van der Waals surface area contributed by atoms with Gasteiger partial charge in [-0.15, -0.1) is 11.3 Å². The van der Waals surface area contributed by atoms with Gasteiger partial charge in [0.1, 0.15) is 10.7 Å². The molecule has 0 aliphatic carbocycles. The molecular formula is C15H27NO2SSi. The molecule has 3 nitrogen and oxygen atoms in total. The third-order valence-electron chi connectivity index (χ3n) is 3.86. The number of rotatable bonds is 6. The van der Waals surface area contributed by atoms with Crippen LogP contribution in [0.2, 0.25) is 18.1 Å². The fourth-order valence-corrected chi connectivity index (χ4v) is 3.82. The number of thiazole rings is 1. The Kier molecular flexibility index (Phi) is 5.69. The third-order valence-corrected chi connectivity index (χ3v) is 9.31. The van der Waals surface area contributed by atoms with E-state index in [1.807, 2.05) is 5.38 Å². The molecule has 0 saturated carbocycles. The van der Waals surface area contributed by atoms with Crippen LogP contribution >= 0.6 is 11.3 Å². The van der Waals surface area contributed by atoms with E-state index in [0.717, 1.165) is 17.7 Å². The van der Waals surface area contributed by atoms with Gasteiger partial charge in [-0.25, -0.2) is 4.98 Å². The van der Waals surface area contributed by atoms with Gasteiger partial charge in [-0.3, -0.25) is 4.79 Å². The molecule has 5 heteroatoms. The van der Waals surface area contributed by atoms with Crippen LogP contribution in [0, 0.1) is 5.92 Å². The molecule has 0 saturated heterocycles. The molecule has 114 valence electrons. The number of aldehydes is 1. The van der Waals surface area contributed by atoms with Crippen LogP contribution in [0.15, 0.2) is 5.38 Å². The van der Waals surface area contributed by atoms with Crippen molar-refractivity contribution in [1.29, 1.82) is 0 Å². The predicted molar refractivity (Wildman–Crippen MR) is 88.0 cm³/mol. The van der Waals surface area contributed by atoms with Gasteiger partial charge in [-0.1, -0.05) is 34.6 Å². The maximum atomic E-state index is 10.8. The number of carbonyl (C=O) groups is 1. The largest absolute Gasteiger partial charge is 0.407 e. The highest BCUT2D eigenvalue weighted by atomic mass is 32.1. The maximum absolute atomic E-state index is 10.8. The summed E-state index contributed by atoms with van der Waals surface area (Å²) in [7, 11) is -1.84. The molecule has 1 atom stereocenters. The van der Waals surface area contributed by atoms with Crippen molar-refractivity contribution in [3.63, 3.8) is 0 Å². The quantitative estimate of drug-likeness (QED) is 0.544. The van der Waals surface area contributed by atoms with E-state index in [9.17, 15) is 4.79 Å². The lowest BCUT2D eigenvalue weighted by Crippen LogP contribution is -2.42. The summed E-state index contributed by atoms with van der Waals surface area (Å²) in [4.78, 5) is 15.2. The highest BCUT2D eigenvalue weighted by Gasteiger charge is 2.40. The summed E-state index contributed by atoms with van der Waals surface area (Å²) >= 11 is 1.53. The van der Waals surface area contributed by atoms with Gasteiger partial charge in [0.25, 0.3) is 0 Å². The average molecular weight is 314 g/mol.